The fourth-order valence-corrected chi connectivity index (χ4v) is 2.40. The van der Waals surface area contributed by atoms with Crippen molar-refractivity contribution in [2.24, 2.45) is 5.92 Å². The van der Waals surface area contributed by atoms with Crippen LogP contribution in [0.5, 0.6) is 0 Å². The van der Waals surface area contributed by atoms with Crippen LogP contribution in [0.4, 0.5) is 5.95 Å². The van der Waals surface area contributed by atoms with E-state index < -0.39 is 23.2 Å². The zero-order valence-corrected chi connectivity index (χ0v) is 14.0. The van der Waals surface area contributed by atoms with Gasteiger partial charge in [0.1, 0.15) is 6.73 Å². The third-order valence-corrected chi connectivity index (χ3v) is 3.78. The Morgan fingerprint density at radius 2 is 2.28 bits per heavy atom. The van der Waals surface area contributed by atoms with E-state index in [0.29, 0.717) is 6.42 Å². The van der Waals surface area contributed by atoms with E-state index in [1.807, 2.05) is 0 Å². The van der Waals surface area contributed by atoms with Gasteiger partial charge in [-0.1, -0.05) is 13.8 Å². The molecule has 0 aliphatic heterocycles. The van der Waals surface area contributed by atoms with Crippen LogP contribution in [0.2, 0.25) is 0 Å². The molecule has 1 atom stereocenters. The lowest BCUT2D eigenvalue weighted by Gasteiger charge is -2.34. The first-order valence-electron chi connectivity index (χ1n) is 7.75. The summed E-state index contributed by atoms with van der Waals surface area (Å²) >= 11 is 0. The number of aliphatic carboxylic acids is 1. The number of nitrogen functional groups attached to an aromatic ring is 1. The Morgan fingerprint density at radius 3 is 2.88 bits per heavy atom. The molecule has 0 saturated heterocycles. The number of aromatic amines is 1. The summed E-state index contributed by atoms with van der Waals surface area (Å²) in [5.74, 6) is -1.68. The third-order valence-electron chi connectivity index (χ3n) is 3.78. The molecule has 25 heavy (non-hydrogen) atoms. The molecule has 0 unspecified atom stereocenters. The Bertz CT molecular complexity index is 801. The van der Waals surface area contributed by atoms with Gasteiger partial charge in [0.2, 0.25) is 11.7 Å². The van der Waals surface area contributed by atoms with Crippen LogP contribution in [0.3, 0.4) is 0 Å². The van der Waals surface area contributed by atoms with Crippen LogP contribution in [0, 0.1) is 5.92 Å². The average Bonchev–Trinajstić information content (AvgIpc) is 2.93. The fraction of sp³-hybridized carbons (Fsp3) is 0.571. The first-order chi connectivity index (χ1) is 11.8. The van der Waals surface area contributed by atoms with Gasteiger partial charge in [-0.25, -0.2) is 9.78 Å². The molecule has 6 N–H and O–H groups in total. The summed E-state index contributed by atoms with van der Waals surface area (Å²) in [7, 11) is 0. The lowest BCUT2D eigenvalue weighted by Crippen LogP contribution is -2.58. The van der Waals surface area contributed by atoms with Gasteiger partial charge < -0.3 is 20.7 Å². The Morgan fingerprint density at radius 1 is 1.56 bits per heavy atom. The van der Waals surface area contributed by atoms with E-state index in [9.17, 15) is 14.7 Å². The van der Waals surface area contributed by atoms with Gasteiger partial charge in [0, 0.05) is 19.1 Å². The number of nitrogens with two attached hydrogens (primary N) is 1. The molecule has 0 fully saturated rings. The van der Waals surface area contributed by atoms with Crippen molar-refractivity contribution in [2.75, 3.05) is 18.9 Å². The Labute approximate surface area is 142 Å². The minimum Gasteiger partial charge on any atom is -0.478 e. The molecule has 0 radical (unpaired) electrons. The SMILES string of the molecule is CC(C)[C@@](NCCCO)(OCn1cnc2c(=O)[nH]c(N)nc21)C(=O)O. The number of imidazole rings is 1. The topological polar surface area (TPSA) is 168 Å². The first-order valence-corrected chi connectivity index (χ1v) is 7.75. The molecule has 138 valence electrons. The number of aliphatic hydroxyl groups is 1. The van der Waals surface area contributed by atoms with Gasteiger partial charge in [-0.3, -0.25) is 19.7 Å². The normalized spacial score (nSPS) is 14.1. The van der Waals surface area contributed by atoms with E-state index in [1.165, 1.54) is 10.9 Å². The number of hydrogen-bond donors (Lipinski definition) is 5. The molecule has 2 aromatic rings. The zero-order chi connectivity index (χ0) is 18.6. The molecule has 0 bridgehead atoms. The average molecular weight is 354 g/mol. The van der Waals surface area contributed by atoms with Gasteiger partial charge in [0.25, 0.3) is 5.56 Å². The summed E-state index contributed by atoms with van der Waals surface area (Å²) in [6.45, 7) is 3.39. The number of aromatic nitrogens is 4. The Kier molecular flexibility index (Phi) is 5.72. The van der Waals surface area contributed by atoms with Crippen molar-refractivity contribution in [1.82, 2.24) is 24.8 Å². The molecule has 0 aliphatic rings. The molecule has 0 spiro atoms. The molecule has 11 nitrogen and oxygen atoms in total. The highest BCUT2D eigenvalue weighted by atomic mass is 16.6. The highest BCUT2D eigenvalue weighted by Crippen LogP contribution is 2.21. The second-order valence-corrected chi connectivity index (χ2v) is 5.81. The van der Waals surface area contributed by atoms with E-state index in [-0.39, 0.29) is 37.0 Å². The minimum absolute atomic E-state index is 0.0705. The minimum atomic E-state index is -1.67. The molecule has 0 saturated carbocycles. The maximum atomic E-state index is 11.8. The molecule has 2 rings (SSSR count). The van der Waals surface area contributed by atoms with Gasteiger partial charge in [0.15, 0.2) is 11.2 Å². The summed E-state index contributed by atoms with van der Waals surface area (Å²) in [6, 6.07) is 0. The van der Waals surface area contributed by atoms with E-state index in [1.54, 1.807) is 13.8 Å². The van der Waals surface area contributed by atoms with Gasteiger partial charge in [0.05, 0.1) is 6.33 Å². The summed E-state index contributed by atoms with van der Waals surface area (Å²) in [5, 5.41) is 21.4. The number of carboxylic acid groups (broad SMARTS) is 1. The smallest absolute Gasteiger partial charge is 0.351 e. The van der Waals surface area contributed by atoms with Crippen molar-refractivity contribution in [3.05, 3.63) is 16.7 Å². The van der Waals surface area contributed by atoms with Gasteiger partial charge in [-0.05, 0) is 6.42 Å². The number of aliphatic hydroxyl groups excluding tert-OH is 1. The van der Waals surface area contributed by atoms with Crippen molar-refractivity contribution in [3.8, 4) is 0 Å². The number of carboxylic acids is 1. The van der Waals surface area contributed by atoms with E-state index in [2.05, 4.69) is 20.3 Å². The number of carbonyl (C=O) groups is 1. The number of hydrogen-bond acceptors (Lipinski definition) is 8. The largest absolute Gasteiger partial charge is 0.478 e. The second kappa shape index (κ2) is 7.59. The van der Waals surface area contributed by atoms with Crippen molar-refractivity contribution >= 4 is 23.1 Å². The molecule has 0 aromatic carbocycles. The standard InChI is InChI=1S/C14H22N6O5/c1-8(2)14(12(23)24,17-4-3-5-21)25-7-20-6-16-9-10(20)18-13(15)19-11(9)22/h6,8,17,21H,3-5,7H2,1-2H3,(H,23,24)(H3,15,18,19,22)/t14-/m1/s1. The first kappa shape index (κ1) is 18.8. The summed E-state index contributed by atoms with van der Waals surface area (Å²) < 4.78 is 7.07. The number of fused-ring (bicyclic) bond motifs is 1. The van der Waals surface area contributed by atoms with Crippen molar-refractivity contribution in [2.45, 2.75) is 32.7 Å². The van der Waals surface area contributed by atoms with Crippen LogP contribution >= 0.6 is 0 Å². The van der Waals surface area contributed by atoms with Crippen LogP contribution in [0.25, 0.3) is 11.2 Å². The van der Waals surface area contributed by atoms with Crippen LogP contribution < -0.4 is 16.6 Å². The zero-order valence-electron chi connectivity index (χ0n) is 14.0. The quantitative estimate of drug-likeness (QED) is 0.282. The molecular weight excluding hydrogens is 332 g/mol. The number of nitrogens with zero attached hydrogens (tertiary/aromatic N) is 3. The molecular formula is C14H22N6O5. The maximum Gasteiger partial charge on any atom is 0.351 e. The monoisotopic (exact) mass is 354 g/mol. The molecule has 2 heterocycles. The highest BCUT2D eigenvalue weighted by molar-refractivity contribution is 5.77. The third kappa shape index (κ3) is 3.78. The van der Waals surface area contributed by atoms with Crippen LogP contribution in [0.1, 0.15) is 20.3 Å². The maximum absolute atomic E-state index is 11.8. The molecule has 11 heteroatoms. The summed E-state index contributed by atoms with van der Waals surface area (Å²) in [5.41, 5.74) is 3.65. The number of anilines is 1. The highest BCUT2D eigenvalue weighted by Gasteiger charge is 2.43. The number of ether oxygens (including phenoxy) is 1. The van der Waals surface area contributed by atoms with Crippen LogP contribution in [0.15, 0.2) is 11.1 Å². The Balaban J connectivity index is 2.28. The lowest BCUT2D eigenvalue weighted by molar-refractivity contribution is -0.187. The summed E-state index contributed by atoms with van der Waals surface area (Å²) in [6.07, 6.45) is 1.71. The number of rotatable bonds is 9. The molecule has 2 aromatic heterocycles. The predicted octanol–water partition coefficient (Wildman–Crippen LogP) is -0.915. The van der Waals surface area contributed by atoms with E-state index in [4.69, 9.17) is 15.6 Å². The second-order valence-electron chi connectivity index (χ2n) is 5.81. The number of nitrogens with one attached hydrogen (secondary N) is 2. The number of H-pyrrole nitrogens is 1. The van der Waals surface area contributed by atoms with E-state index in [0.717, 1.165) is 0 Å². The Hall–Kier alpha value is -2.50. The van der Waals surface area contributed by atoms with Crippen LogP contribution in [-0.4, -0.2) is 54.6 Å². The molecule has 0 amide bonds. The van der Waals surface area contributed by atoms with Gasteiger partial charge >= 0.3 is 5.97 Å². The van der Waals surface area contributed by atoms with Crippen LogP contribution in [-0.2, 0) is 16.3 Å². The van der Waals surface area contributed by atoms with Crippen molar-refractivity contribution in [3.63, 3.8) is 0 Å². The fourth-order valence-electron chi connectivity index (χ4n) is 2.40. The lowest BCUT2D eigenvalue weighted by atomic mass is 9.99. The van der Waals surface area contributed by atoms with Gasteiger partial charge in [-0.15, -0.1) is 0 Å². The van der Waals surface area contributed by atoms with Gasteiger partial charge in [-0.2, -0.15) is 4.98 Å². The van der Waals surface area contributed by atoms with Crippen molar-refractivity contribution in [1.29, 1.82) is 0 Å². The van der Waals surface area contributed by atoms with Crippen molar-refractivity contribution < 1.29 is 19.7 Å². The predicted molar refractivity (Wildman–Crippen MR) is 88.6 cm³/mol. The van der Waals surface area contributed by atoms with E-state index >= 15 is 0 Å². The molecule has 0 aliphatic carbocycles. The summed E-state index contributed by atoms with van der Waals surface area (Å²) in [4.78, 5) is 33.9.